The van der Waals surface area contributed by atoms with Crippen molar-refractivity contribution in [3.05, 3.63) is 29.0 Å². The lowest BCUT2D eigenvalue weighted by atomic mass is 10.2. The van der Waals surface area contributed by atoms with Crippen molar-refractivity contribution in [3.63, 3.8) is 0 Å². The zero-order valence-corrected chi connectivity index (χ0v) is 14.4. The predicted octanol–water partition coefficient (Wildman–Crippen LogP) is 4.15. The van der Waals surface area contributed by atoms with Gasteiger partial charge in [0.1, 0.15) is 11.9 Å². The molecule has 1 rings (SSSR count). The lowest BCUT2D eigenvalue weighted by Crippen LogP contribution is -2.30. The second-order valence-electron chi connectivity index (χ2n) is 4.59. The molecule has 0 bridgehead atoms. The number of hydrogen-bond donors (Lipinski definition) is 2. The van der Waals surface area contributed by atoms with Gasteiger partial charge < -0.3 is 10.4 Å². The minimum absolute atomic E-state index is 0.242. The smallest absolute Gasteiger partial charge is 0.326 e. The van der Waals surface area contributed by atoms with Gasteiger partial charge in [0.15, 0.2) is 0 Å². The number of rotatable bonds is 6. The minimum Gasteiger partial charge on any atom is -0.480 e. The molecule has 0 radical (unpaired) electrons. The van der Waals surface area contributed by atoms with Crippen molar-refractivity contribution in [3.8, 4) is 0 Å². The van der Waals surface area contributed by atoms with E-state index in [-0.39, 0.29) is 5.02 Å². The van der Waals surface area contributed by atoms with Crippen molar-refractivity contribution in [1.29, 1.82) is 0 Å². The summed E-state index contributed by atoms with van der Waals surface area (Å²) < 4.78 is 13.2. The first-order chi connectivity index (χ1) is 8.67. The van der Waals surface area contributed by atoms with E-state index >= 15 is 0 Å². The molecule has 0 aliphatic heterocycles. The van der Waals surface area contributed by atoms with Crippen LogP contribution in [0.5, 0.6) is 0 Å². The number of nitrogens with one attached hydrogen (secondary N) is 1. The molecule has 19 heavy (non-hydrogen) atoms. The van der Waals surface area contributed by atoms with Crippen molar-refractivity contribution >= 4 is 51.7 Å². The first-order valence-corrected chi connectivity index (χ1v) is 11.1. The summed E-state index contributed by atoms with van der Waals surface area (Å²) in [5.41, 5.74) is 0.388. The van der Waals surface area contributed by atoms with Crippen molar-refractivity contribution < 1.29 is 14.3 Å². The Bertz CT molecular complexity index is 447. The maximum Gasteiger partial charge on any atom is 0.326 e. The summed E-state index contributed by atoms with van der Waals surface area (Å²) in [5, 5.41) is 12.2. The van der Waals surface area contributed by atoms with E-state index in [1.165, 1.54) is 18.2 Å². The molecule has 1 aromatic carbocycles. The Labute approximate surface area is 130 Å². The highest BCUT2D eigenvalue weighted by atomic mass is 127. The second kappa shape index (κ2) is 6.99. The Balaban J connectivity index is 2.75. The lowest BCUT2D eigenvalue weighted by molar-refractivity contribution is -0.137. The van der Waals surface area contributed by atoms with E-state index in [2.05, 4.69) is 39.0 Å². The zero-order valence-electron chi connectivity index (χ0n) is 10.6. The predicted molar refractivity (Wildman–Crippen MR) is 89.4 cm³/mol. The first kappa shape index (κ1) is 16.8. The molecule has 108 valence electrons. The van der Waals surface area contributed by atoms with Gasteiger partial charge >= 0.3 is 5.97 Å². The van der Waals surface area contributed by atoms with Crippen LogP contribution in [0.4, 0.5) is 10.1 Å². The van der Waals surface area contributed by atoms with E-state index < -0.39 is 25.0 Å². The number of halogens is 3. The molecule has 2 N–H and O–H groups in total. The maximum atomic E-state index is 13.2. The largest absolute Gasteiger partial charge is 0.480 e. The number of hydrogen-bond acceptors (Lipinski definition) is 2. The standard InChI is InChI=1S/C12H16ClFINO2S/c1-19(2,15)4-3-11(12(17)18)16-10-6-8(13)5-9(14)7-10/h5-7,11,16H,3-4H2,1-2H3,(H,17,18)/t11-/m1/s1. The molecule has 0 unspecified atom stereocenters. The monoisotopic (exact) mass is 419 g/mol. The van der Waals surface area contributed by atoms with Crippen LogP contribution in [0.3, 0.4) is 0 Å². The molecule has 0 aliphatic rings. The number of carboxylic acids is 1. The molecule has 0 saturated heterocycles. The topological polar surface area (TPSA) is 49.3 Å². The maximum absolute atomic E-state index is 13.2. The van der Waals surface area contributed by atoms with Gasteiger partial charge in [0.25, 0.3) is 0 Å². The summed E-state index contributed by atoms with van der Waals surface area (Å²) in [6.45, 7) is 0. The molecule has 0 spiro atoms. The summed E-state index contributed by atoms with van der Waals surface area (Å²) in [5.74, 6) is -0.611. The number of carbonyl (C=O) groups is 1. The third kappa shape index (κ3) is 6.67. The highest BCUT2D eigenvalue weighted by Gasteiger charge is 2.20. The average Bonchev–Trinajstić information content (AvgIpc) is 2.20. The number of anilines is 1. The first-order valence-electron chi connectivity index (χ1n) is 5.53. The molecule has 7 heteroatoms. The van der Waals surface area contributed by atoms with E-state index in [9.17, 15) is 14.3 Å². The van der Waals surface area contributed by atoms with Gasteiger partial charge in [-0.05, 0) is 64.1 Å². The van der Waals surface area contributed by atoms with Gasteiger partial charge in [-0.1, -0.05) is 11.6 Å². The van der Waals surface area contributed by atoms with Crippen molar-refractivity contribution in [2.45, 2.75) is 12.5 Å². The molecular formula is C12H16ClFINO2S. The molecule has 0 aliphatic carbocycles. The highest BCUT2D eigenvalue weighted by molar-refractivity contribution is 14.2. The van der Waals surface area contributed by atoms with Gasteiger partial charge in [0, 0.05) is 10.7 Å². The van der Waals surface area contributed by atoms with Crippen LogP contribution in [0.2, 0.25) is 5.02 Å². The second-order valence-corrected chi connectivity index (χ2v) is 15.4. The van der Waals surface area contributed by atoms with Crippen molar-refractivity contribution in [2.24, 2.45) is 0 Å². The molecule has 0 fully saturated rings. The van der Waals surface area contributed by atoms with Gasteiger partial charge in [-0.25, -0.2) is 9.18 Å². The molecule has 0 aromatic heterocycles. The molecule has 1 atom stereocenters. The number of carboxylic acid groups (broad SMARTS) is 1. The Morgan fingerprint density at radius 2 is 2.16 bits per heavy atom. The average molecular weight is 420 g/mol. The fraction of sp³-hybridized carbons (Fsp3) is 0.417. The van der Waals surface area contributed by atoms with Crippen LogP contribution < -0.4 is 5.32 Å². The van der Waals surface area contributed by atoms with Crippen molar-refractivity contribution in [2.75, 3.05) is 23.6 Å². The lowest BCUT2D eigenvalue weighted by Gasteiger charge is -2.25. The third-order valence-electron chi connectivity index (χ3n) is 2.39. The quantitative estimate of drug-likeness (QED) is 0.681. The molecule has 0 saturated carbocycles. The summed E-state index contributed by atoms with van der Waals surface area (Å²) in [6.07, 6.45) is 4.73. The zero-order chi connectivity index (χ0) is 14.6. The fourth-order valence-corrected chi connectivity index (χ4v) is 3.27. The summed E-state index contributed by atoms with van der Waals surface area (Å²) in [4.78, 5) is 11.2. The molecule has 3 nitrogen and oxygen atoms in total. The fourth-order valence-electron chi connectivity index (χ4n) is 1.49. The van der Waals surface area contributed by atoms with E-state index in [4.69, 9.17) is 11.6 Å². The van der Waals surface area contributed by atoms with Crippen LogP contribution in [-0.2, 0) is 4.79 Å². The van der Waals surface area contributed by atoms with Gasteiger partial charge in [-0.3, -0.25) is 0 Å². The number of aliphatic carboxylic acids is 1. The van der Waals surface area contributed by atoms with Gasteiger partial charge in [0.05, 0.1) is 0 Å². The van der Waals surface area contributed by atoms with Gasteiger partial charge in [-0.15, -0.1) is 0 Å². The normalized spacial score (nSPS) is 13.9. The third-order valence-corrected chi connectivity index (χ3v) is 5.14. The molecule has 0 heterocycles. The van der Waals surface area contributed by atoms with E-state index in [1.54, 1.807) is 0 Å². The molecule has 0 amide bonds. The van der Waals surface area contributed by atoms with Crippen LogP contribution >= 0.6 is 40.0 Å². The van der Waals surface area contributed by atoms with Crippen LogP contribution in [0.1, 0.15) is 6.42 Å². The SMILES string of the molecule is CS(C)(I)CC[C@@H](Nc1cc(F)cc(Cl)c1)C(=O)O. The van der Waals surface area contributed by atoms with E-state index in [1.807, 2.05) is 0 Å². The number of benzene rings is 1. The van der Waals surface area contributed by atoms with Crippen molar-refractivity contribution in [1.82, 2.24) is 0 Å². The van der Waals surface area contributed by atoms with Crippen LogP contribution in [0.25, 0.3) is 0 Å². The van der Waals surface area contributed by atoms with Gasteiger partial charge in [-0.2, -0.15) is 7.20 Å². The van der Waals surface area contributed by atoms with E-state index in [0.29, 0.717) is 12.1 Å². The van der Waals surface area contributed by atoms with Crippen LogP contribution in [0, 0.1) is 5.82 Å². The Kier molecular flexibility index (Phi) is 6.19. The summed E-state index contributed by atoms with van der Waals surface area (Å²) in [6, 6.07) is 3.20. The van der Waals surface area contributed by atoms with E-state index in [0.717, 1.165) is 5.75 Å². The molecular weight excluding hydrogens is 404 g/mol. The Hall–Kier alpha value is -0.210. The van der Waals surface area contributed by atoms with Crippen LogP contribution in [0.15, 0.2) is 18.2 Å². The van der Waals surface area contributed by atoms with Gasteiger partial charge in [0.2, 0.25) is 0 Å². The molecule has 1 aromatic rings. The minimum atomic E-state index is -0.944. The Morgan fingerprint density at radius 3 is 2.63 bits per heavy atom. The highest BCUT2D eigenvalue weighted by Crippen LogP contribution is 2.49. The Morgan fingerprint density at radius 1 is 1.53 bits per heavy atom. The summed E-state index contributed by atoms with van der Waals surface area (Å²) >= 11 is 8.09. The summed E-state index contributed by atoms with van der Waals surface area (Å²) in [7, 11) is -0.795. The van der Waals surface area contributed by atoms with Crippen LogP contribution in [-0.4, -0.2) is 35.4 Å².